The van der Waals surface area contributed by atoms with Crippen LogP contribution < -0.4 is 5.73 Å². The van der Waals surface area contributed by atoms with Gasteiger partial charge >= 0.3 is 0 Å². The topological polar surface area (TPSA) is 60.2 Å². The first-order valence-corrected chi connectivity index (χ1v) is 5.11. The highest BCUT2D eigenvalue weighted by Crippen LogP contribution is 1.99. The minimum atomic E-state index is -3.39. The first-order valence-electron chi connectivity index (χ1n) is 2.63. The lowest BCUT2D eigenvalue weighted by molar-refractivity contribution is 0.597. The minimum Gasteiger partial charge on any atom is -0.327 e. The van der Waals surface area contributed by atoms with Crippen molar-refractivity contribution in [2.24, 2.45) is 5.73 Å². The molecule has 0 aromatic rings. The molecule has 0 saturated carbocycles. The average molecular weight is 172 g/mol. The summed E-state index contributed by atoms with van der Waals surface area (Å²) in [5.41, 5.74) is 5.30. The van der Waals surface area contributed by atoms with Crippen molar-refractivity contribution in [2.45, 2.75) is 19.4 Å². The molecule has 0 heterocycles. The predicted octanol–water partition coefficient (Wildman–Crippen LogP) is 0.292. The highest BCUT2D eigenvalue weighted by molar-refractivity contribution is 8.13. The third kappa shape index (κ3) is 6.08. The molecule has 0 aliphatic carbocycles. The summed E-state index contributed by atoms with van der Waals surface area (Å²) >= 11 is 0. The smallest absolute Gasteiger partial charge is 0.234 e. The molecule has 9 heavy (non-hydrogen) atoms. The SMILES string of the molecule is CCC(N)CS(=O)(=O)Cl. The van der Waals surface area contributed by atoms with Crippen molar-refractivity contribution in [3.63, 3.8) is 0 Å². The van der Waals surface area contributed by atoms with Crippen LogP contribution in [-0.4, -0.2) is 20.2 Å². The van der Waals surface area contributed by atoms with Gasteiger partial charge in [0.15, 0.2) is 0 Å². The third-order valence-corrected chi connectivity index (χ3v) is 2.14. The van der Waals surface area contributed by atoms with E-state index in [-0.39, 0.29) is 11.8 Å². The minimum absolute atomic E-state index is 0.134. The van der Waals surface area contributed by atoms with Crippen molar-refractivity contribution in [1.29, 1.82) is 0 Å². The second-order valence-corrected chi connectivity index (χ2v) is 4.70. The monoisotopic (exact) mass is 171 g/mol. The summed E-state index contributed by atoms with van der Waals surface area (Å²) in [4.78, 5) is 0. The van der Waals surface area contributed by atoms with E-state index in [9.17, 15) is 8.42 Å². The zero-order valence-corrected chi connectivity index (χ0v) is 6.74. The van der Waals surface area contributed by atoms with Crippen LogP contribution in [0.25, 0.3) is 0 Å². The summed E-state index contributed by atoms with van der Waals surface area (Å²) in [6, 6.07) is -0.326. The highest BCUT2D eigenvalue weighted by atomic mass is 35.7. The summed E-state index contributed by atoms with van der Waals surface area (Å²) in [6.07, 6.45) is 0.631. The summed E-state index contributed by atoms with van der Waals surface area (Å²) in [6.45, 7) is 1.81. The first-order chi connectivity index (χ1) is 3.95. The molecule has 1 atom stereocenters. The van der Waals surface area contributed by atoms with Crippen LogP contribution in [0.5, 0.6) is 0 Å². The molecule has 0 aliphatic heterocycles. The van der Waals surface area contributed by atoms with Gasteiger partial charge in [-0.15, -0.1) is 0 Å². The fourth-order valence-corrected chi connectivity index (χ4v) is 1.61. The van der Waals surface area contributed by atoms with Crippen LogP contribution in [-0.2, 0) is 9.05 Å². The number of hydrogen-bond acceptors (Lipinski definition) is 3. The van der Waals surface area contributed by atoms with Crippen LogP contribution in [0.15, 0.2) is 0 Å². The Bertz CT molecular complexity index is 165. The average Bonchev–Trinajstić information content (AvgIpc) is 1.62. The van der Waals surface area contributed by atoms with Crippen LogP contribution in [0.2, 0.25) is 0 Å². The van der Waals surface area contributed by atoms with E-state index in [0.717, 1.165) is 0 Å². The summed E-state index contributed by atoms with van der Waals surface area (Å²) < 4.78 is 20.6. The lowest BCUT2D eigenvalue weighted by Crippen LogP contribution is -2.26. The van der Waals surface area contributed by atoms with E-state index in [0.29, 0.717) is 6.42 Å². The molecule has 2 N–H and O–H groups in total. The van der Waals surface area contributed by atoms with E-state index >= 15 is 0 Å². The van der Waals surface area contributed by atoms with Gasteiger partial charge < -0.3 is 5.73 Å². The van der Waals surface area contributed by atoms with Gasteiger partial charge in [0.25, 0.3) is 0 Å². The molecule has 0 fully saturated rings. The Balaban J connectivity index is 3.75. The van der Waals surface area contributed by atoms with E-state index < -0.39 is 9.05 Å². The molecule has 0 spiro atoms. The molecular weight excluding hydrogens is 162 g/mol. The van der Waals surface area contributed by atoms with Gasteiger partial charge in [0.1, 0.15) is 0 Å². The number of halogens is 1. The van der Waals surface area contributed by atoms with E-state index in [2.05, 4.69) is 0 Å². The molecule has 0 amide bonds. The molecular formula is C4H10ClNO2S. The highest BCUT2D eigenvalue weighted by Gasteiger charge is 2.09. The Morgan fingerprint density at radius 1 is 1.67 bits per heavy atom. The maximum absolute atomic E-state index is 10.3. The first kappa shape index (κ1) is 9.20. The fraction of sp³-hybridized carbons (Fsp3) is 1.00. The molecule has 0 aromatic carbocycles. The van der Waals surface area contributed by atoms with Crippen molar-refractivity contribution >= 4 is 19.7 Å². The molecule has 5 heteroatoms. The van der Waals surface area contributed by atoms with Crippen LogP contribution in [0, 0.1) is 0 Å². The molecule has 0 radical (unpaired) electrons. The van der Waals surface area contributed by atoms with E-state index in [4.69, 9.17) is 16.4 Å². The van der Waals surface area contributed by atoms with Gasteiger partial charge in [-0.25, -0.2) is 8.42 Å². The molecule has 0 saturated heterocycles. The summed E-state index contributed by atoms with van der Waals surface area (Å²) in [5.74, 6) is -0.134. The Morgan fingerprint density at radius 3 is 2.22 bits per heavy atom. The van der Waals surface area contributed by atoms with Gasteiger partial charge in [-0.3, -0.25) is 0 Å². The number of nitrogens with two attached hydrogens (primary N) is 1. The van der Waals surface area contributed by atoms with Crippen LogP contribution >= 0.6 is 10.7 Å². The van der Waals surface area contributed by atoms with Crippen molar-refractivity contribution in [3.05, 3.63) is 0 Å². The number of rotatable bonds is 3. The molecule has 0 bridgehead atoms. The predicted molar refractivity (Wildman–Crippen MR) is 37.9 cm³/mol. The third-order valence-electron chi connectivity index (χ3n) is 0.938. The van der Waals surface area contributed by atoms with Gasteiger partial charge in [-0.05, 0) is 6.42 Å². The van der Waals surface area contributed by atoms with Gasteiger partial charge in [0.2, 0.25) is 9.05 Å². The Labute approximate surface area is 59.6 Å². The van der Waals surface area contributed by atoms with Gasteiger partial charge in [-0.2, -0.15) is 0 Å². The summed E-state index contributed by atoms with van der Waals surface area (Å²) in [7, 11) is 1.51. The maximum Gasteiger partial charge on any atom is 0.234 e. The van der Waals surface area contributed by atoms with Crippen molar-refractivity contribution in [1.82, 2.24) is 0 Å². The molecule has 3 nitrogen and oxygen atoms in total. The lowest BCUT2D eigenvalue weighted by Gasteiger charge is -2.02. The Kier molecular flexibility index (Phi) is 3.46. The van der Waals surface area contributed by atoms with Crippen LogP contribution in [0.1, 0.15) is 13.3 Å². The van der Waals surface area contributed by atoms with Crippen LogP contribution in [0.3, 0.4) is 0 Å². The second-order valence-electron chi connectivity index (χ2n) is 1.87. The van der Waals surface area contributed by atoms with Gasteiger partial charge in [0, 0.05) is 16.7 Å². The van der Waals surface area contributed by atoms with Gasteiger partial charge in [-0.1, -0.05) is 6.92 Å². The van der Waals surface area contributed by atoms with E-state index in [1.807, 2.05) is 6.92 Å². The maximum atomic E-state index is 10.3. The Morgan fingerprint density at radius 2 is 2.11 bits per heavy atom. The van der Waals surface area contributed by atoms with Crippen molar-refractivity contribution in [2.75, 3.05) is 5.75 Å². The van der Waals surface area contributed by atoms with Crippen LogP contribution in [0.4, 0.5) is 0 Å². The van der Waals surface area contributed by atoms with E-state index in [1.54, 1.807) is 0 Å². The standard InChI is InChI=1S/C4H10ClNO2S/c1-2-4(6)3-9(5,7)8/h4H,2-3,6H2,1H3. The molecule has 0 aromatic heterocycles. The zero-order chi connectivity index (χ0) is 7.49. The normalized spacial score (nSPS) is 15.4. The molecule has 0 rings (SSSR count). The van der Waals surface area contributed by atoms with Crippen molar-refractivity contribution in [3.8, 4) is 0 Å². The lowest BCUT2D eigenvalue weighted by atomic mass is 10.3. The second kappa shape index (κ2) is 3.39. The van der Waals surface area contributed by atoms with Crippen molar-refractivity contribution < 1.29 is 8.42 Å². The largest absolute Gasteiger partial charge is 0.327 e. The number of hydrogen-bond donors (Lipinski definition) is 1. The van der Waals surface area contributed by atoms with E-state index in [1.165, 1.54) is 0 Å². The molecule has 56 valence electrons. The zero-order valence-electron chi connectivity index (χ0n) is 5.17. The summed E-state index contributed by atoms with van der Waals surface area (Å²) in [5, 5.41) is 0. The molecule has 1 unspecified atom stereocenters. The quantitative estimate of drug-likeness (QED) is 0.622. The Hall–Kier alpha value is 0.200. The van der Waals surface area contributed by atoms with Gasteiger partial charge in [0.05, 0.1) is 5.75 Å². The fourth-order valence-electron chi connectivity index (χ4n) is 0.374. The molecule has 0 aliphatic rings.